The number of methoxy groups -OCH3 is 1. The molecule has 0 spiro atoms. The van der Waals surface area contributed by atoms with Crippen LogP contribution in [-0.4, -0.2) is 19.9 Å². The Morgan fingerprint density at radius 1 is 1.38 bits per heavy atom. The third-order valence-corrected chi connectivity index (χ3v) is 2.36. The summed E-state index contributed by atoms with van der Waals surface area (Å²) < 4.78 is 15.0. The van der Waals surface area contributed by atoms with Crippen molar-refractivity contribution in [2.45, 2.75) is 6.92 Å². The maximum absolute atomic E-state index is 11.1. The van der Waals surface area contributed by atoms with E-state index in [1.165, 1.54) is 13.2 Å². The summed E-state index contributed by atoms with van der Waals surface area (Å²) in [5, 5.41) is 0. The van der Waals surface area contributed by atoms with Crippen molar-refractivity contribution in [3.8, 4) is 11.5 Å². The maximum atomic E-state index is 11.1. The average molecular weight is 220 g/mol. The number of esters is 1. The van der Waals surface area contributed by atoms with E-state index in [0.29, 0.717) is 5.75 Å². The van der Waals surface area contributed by atoms with E-state index in [-0.39, 0.29) is 12.8 Å². The van der Waals surface area contributed by atoms with Crippen LogP contribution in [0.3, 0.4) is 0 Å². The Morgan fingerprint density at radius 3 is 2.88 bits per heavy atom. The lowest BCUT2D eigenvalue weighted by Gasteiger charge is -2.02. The highest BCUT2D eigenvalue weighted by Gasteiger charge is 2.13. The van der Waals surface area contributed by atoms with E-state index in [0.717, 1.165) is 16.9 Å². The molecule has 1 aromatic rings. The van der Waals surface area contributed by atoms with Crippen molar-refractivity contribution < 1.29 is 19.0 Å². The van der Waals surface area contributed by atoms with Crippen LogP contribution in [0.15, 0.2) is 24.3 Å². The van der Waals surface area contributed by atoms with Gasteiger partial charge >= 0.3 is 5.97 Å². The Hall–Kier alpha value is -1.97. The third-order valence-electron chi connectivity index (χ3n) is 2.36. The zero-order chi connectivity index (χ0) is 11.5. The van der Waals surface area contributed by atoms with Crippen LogP contribution >= 0.6 is 0 Å². The summed E-state index contributed by atoms with van der Waals surface area (Å²) in [5.41, 5.74) is 1.74. The summed E-state index contributed by atoms with van der Waals surface area (Å²) in [4.78, 5) is 11.1. The lowest BCUT2D eigenvalue weighted by Crippen LogP contribution is -1.95. The number of carbonyl (C=O) groups excluding carboxylic acids is 1. The largest absolute Gasteiger partial charge is 0.466 e. The number of carbonyl (C=O) groups is 1. The van der Waals surface area contributed by atoms with E-state index >= 15 is 0 Å². The van der Waals surface area contributed by atoms with Crippen molar-refractivity contribution in [1.82, 2.24) is 0 Å². The molecule has 0 aromatic heterocycles. The van der Waals surface area contributed by atoms with Crippen LogP contribution in [0, 0.1) is 0 Å². The van der Waals surface area contributed by atoms with Crippen molar-refractivity contribution in [1.29, 1.82) is 0 Å². The second-order valence-corrected chi connectivity index (χ2v) is 3.42. The molecule has 4 heteroatoms. The van der Waals surface area contributed by atoms with Gasteiger partial charge in [0.25, 0.3) is 0 Å². The monoisotopic (exact) mass is 220 g/mol. The molecule has 1 aliphatic rings. The van der Waals surface area contributed by atoms with Crippen molar-refractivity contribution in [2.75, 3.05) is 13.9 Å². The first kappa shape index (κ1) is 10.5. The molecule has 1 heterocycles. The van der Waals surface area contributed by atoms with Gasteiger partial charge in [0.15, 0.2) is 11.5 Å². The molecule has 0 unspecified atom stereocenters. The maximum Gasteiger partial charge on any atom is 0.330 e. The van der Waals surface area contributed by atoms with Gasteiger partial charge in [0.2, 0.25) is 6.79 Å². The Labute approximate surface area is 93.4 Å². The van der Waals surface area contributed by atoms with Gasteiger partial charge in [0.1, 0.15) is 0 Å². The van der Waals surface area contributed by atoms with Crippen molar-refractivity contribution in [3.05, 3.63) is 29.8 Å². The van der Waals surface area contributed by atoms with Gasteiger partial charge in [-0.3, -0.25) is 0 Å². The molecule has 2 rings (SSSR count). The van der Waals surface area contributed by atoms with Crippen LogP contribution in [0.25, 0.3) is 5.57 Å². The molecular formula is C12H12O4. The number of hydrogen-bond acceptors (Lipinski definition) is 4. The topological polar surface area (TPSA) is 44.8 Å². The molecule has 0 radical (unpaired) electrons. The zero-order valence-corrected chi connectivity index (χ0v) is 9.15. The minimum absolute atomic E-state index is 0.249. The van der Waals surface area contributed by atoms with E-state index < -0.39 is 0 Å². The quantitative estimate of drug-likeness (QED) is 0.564. The molecule has 0 atom stereocenters. The molecule has 0 fully saturated rings. The van der Waals surface area contributed by atoms with Crippen LogP contribution in [0.1, 0.15) is 12.5 Å². The number of allylic oxidation sites excluding steroid dienone is 1. The Morgan fingerprint density at radius 2 is 2.12 bits per heavy atom. The molecule has 84 valence electrons. The number of rotatable bonds is 2. The Balaban J connectivity index is 2.28. The van der Waals surface area contributed by atoms with Gasteiger partial charge in [-0.15, -0.1) is 0 Å². The number of hydrogen-bond donors (Lipinski definition) is 0. The number of fused-ring (bicyclic) bond motifs is 1. The Kier molecular flexibility index (Phi) is 2.81. The van der Waals surface area contributed by atoms with Crippen LogP contribution in [0.5, 0.6) is 11.5 Å². The Bertz CT molecular complexity index is 448. The van der Waals surface area contributed by atoms with Crippen LogP contribution in [0.4, 0.5) is 0 Å². The first-order valence-corrected chi connectivity index (χ1v) is 4.87. The summed E-state index contributed by atoms with van der Waals surface area (Å²) >= 11 is 0. The van der Waals surface area contributed by atoms with Crippen molar-refractivity contribution >= 4 is 11.5 Å². The molecule has 16 heavy (non-hydrogen) atoms. The minimum atomic E-state index is -0.366. The highest BCUT2D eigenvalue weighted by Crippen LogP contribution is 2.34. The van der Waals surface area contributed by atoms with Gasteiger partial charge in [-0.1, -0.05) is 6.07 Å². The van der Waals surface area contributed by atoms with Gasteiger partial charge in [-0.05, 0) is 30.2 Å². The predicted molar refractivity (Wildman–Crippen MR) is 58.2 cm³/mol. The van der Waals surface area contributed by atoms with Crippen LogP contribution in [-0.2, 0) is 9.53 Å². The summed E-state index contributed by atoms with van der Waals surface area (Å²) in [5.74, 6) is 1.07. The highest BCUT2D eigenvalue weighted by atomic mass is 16.7. The molecule has 0 saturated carbocycles. The highest BCUT2D eigenvalue weighted by molar-refractivity contribution is 5.91. The van der Waals surface area contributed by atoms with Gasteiger partial charge in [0, 0.05) is 6.08 Å². The molecule has 0 aliphatic carbocycles. The molecule has 0 N–H and O–H groups in total. The number of ether oxygens (including phenoxy) is 3. The van der Waals surface area contributed by atoms with Crippen LogP contribution in [0.2, 0.25) is 0 Å². The minimum Gasteiger partial charge on any atom is -0.466 e. The van der Waals surface area contributed by atoms with Crippen molar-refractivity contribution in [3.63, 3.8) is 0 Å². The predicted octanol–water partition coefficient (Wildman–Crippen LogP) is 1.99. The standard InChI is InChI=1S/C12H12O4/c1-8(5-12(13)14-2)9-3-4-10-11(6-9)16-7-15-10/h3-6H,7H2,1-2H3/b8-5-. The lowest BCUT2D eigenvalue weighted by molar-refractivity contribution is -0.134. The zero-order valence-electron chi connectivity index (χ0n) is 9.15. The second kappa shape index (κ2) is 4.26. The summed E-state index contributed by atoms with van der Waals surface area (Å²) in [6, 6.07) is 5.55. The molecule has 4 nitrogen and oxygen atoms in total. The molecule has 0 amide bonds. The van der Waals surface area contributed by atoms with Crippen LogP contribution < -0.4 is 9.47 Å². The second-order valence-electron chi connectivity index (χ2n) is 3.42. The first-order chi connectivity index (χ1) is 7.70. The van der Waals surface area contributed by atoms with E-state index in [4.69, 9.17) is 9.47 Å². The van der Waals surface area contributed by atoms with E-state index in [1.807, 2.05) is 25.1 Å². The van der Waals surface area contributed by atoms with Gasteiger partial charge < -0.3 is 14.2 Å². The lowest BCUT2D eigenvalue weighted by atomic mass is 10.1. The fourth-order valence-electron chi connectivity index (χ4n) is 1.46. The summed E-state index contributed by atoms with van der Waals surface area (Å²) in [6.07, 6.45) is 1.44. The SMILES string of the molecule is COC(=O)/C=C(/C)c1ccc2c(c1)OCO2. The average Bonchev–Trinajstić information content (AvgIpc) is 2.75. The fraction of sp³-hybridized carbons (Fsp3) is 0.250. The molecule has 0 saturated heterocycles. The normalized spacial score (nSPS) is 13.8. The van der Waals surface area contributed by atoms with E-state index in [9.17, 15) is 4.79 Å². The van der Waals surface area contributed by atoms with Gasteiger partial charge in [-0.2, -0.15) is 0 Å². The molecule has 0 bridgehead atoms. The number of benzene rings is 1. The van der Waals surface area contributed by atoms with Crippen molar-refractivity contribution in [2.24, 2.45) is 0 Å². The third kappa shape index (κ3) is 2.00. The summed E-state index contributed by atoms with van der Waals surface area (Å²) in [6.45, 7) is 2.09. The smallest absolute Gasteiger partial charge is 0.330 e. The van der Waals surface area contributed by atoms with E-state index in [2.05, 4.69) is 4.74 Å². The first-order valence-electron chi connectivity index (χ1n) is 4.87. The molecular weight excluding hydrogens is 208 g/mol. The van der Waals surface area contributed by atoms with E-state index in [1.54, 1.807) is 0 Å². The fourth-order valence-corrected chi connectivity index (χ4v) is 1.46. The van der Waals surface area contributed by atoms with Gasteiger partial charge in [0.05, 0.1) is 7.11 Å². The van der Waals surface area contributed by atoms with Gasteiger partial charge in [-0.25, -0.2) is 4.79 Å². The molecule has 1 aromatic carbocycles. The summed E-state index contributed by atoms with van der Waals surface area (Å²) in [7, 11) is 1.35. The molecule has 1 aliphatic heterocycles.